The number of aromatic nitrogens is 2. The van der Waals surface area contributed by atoms with Gasteiger partial charge in [-0.2, -0.15) is 14.1 Å². The number of ether oxygens (including phenoxy) is 1. The molecule has 1 aliphatic rings. The van der Waals surface area contributed by atoms with Gasteiger partial charge in [0, 0.05) is 38.7 Å². The Labute approximate surface area is 192 Å². The molecule has 180 valence electrons. The van der Waals surface area contributed by atoms with E-state index in [2.05, 4.69) is 11.7 Å². The highest BCUT2D eigenvalue weighted by atomic mass is 32.2. The second-order valence-electron chi connectivity index (χ2n) is 8.24. The van der Waals surface area contributed by atoms with Crippen LogP contribution in [0.3, 0.4) is 0 Å². The maximum atomic E-state index is 13.7. The molecule has 0 bridgehead atoms. The summed E-state index contributed by atoms with van der Waals surface area (Å²) in [5.41, 5.74) is 0.528. The molecule has 0 aliphatic carbocycles. The molecule has 1 fully saturated rings. The van der Waals surface area contributed by atoms with Gasteiger partial charge in [-0.15, -0.1) is 6.58 Å². The molecule has 8 nitrogen and oxygen atoms in total. The van der Waals surface area contributed by atoms with E-state index in [9.17, 15) is 22.0 Å². The lowest BCUT2D eigenvalue weighted by molar-refractivity contribution is 0.312. The topological polar surface area (TPSA) is 84.7 Å². The summed E-state index contributed by atoms with van der Waals surface area (Å²) in [5.74, 6) is -1.69. The van der Waals surface area contributed by atoms with Gasteiger partial charge in [0.05, 0.1) is 23.7 Å². The summed E-state index contributed by atoms with van der Waals surface area (Å²) in [5, 5.41) is 3.58. The van der Waals surface area contributed by atoms with E-state index in [1.54, 1.807) is 13.8 Å². The number of hydrogen-bond acceptors (Lipinski definition) is 6. The Morgan fingerprint density at radius 3 is 2.30 bits per heavy atom. The number of sulfonamides is 1. The SMILES string of the molecule is C=C(C)CCOc1c(N2CCN(S(=O)(=O)C(C)C)CC2)cnn(-c2cc(F)cc(F)c2)c1=O. The molecule has 0 saturated carbocycles. The molecule has 0 spiro atoms. The lowest BCUT2D eigenvalue weighted by Crippen LogP contribution is -2.50. The number of rotatable bonds is 8. The summed E-state index contributed by atoms with van der Waals surface area (Å²) < 4.78 is 60.4. The highest BCUT2D eigenvalue weighted by molar-refractivity contribution is 7.89. The van der Waals surface area contributed by atoms with Crippen molar-refractivity contribution in [2.45, 2.75) is 32.4 Å². The maximum Gasteiger partial charge on any atom is 0.316 e. The molecule has 1 aromatic heterocycles. The van der Waals surface area contributed by atoms with E-state index >= 15 is 0 Å². The highest BCUT2D eigenvalue weighted by Gasteiger charge is 2.31. The van der Waals surface area contributed by atoms with Crippen LogP contribution in [0.1, 0.15) is 27.2 Å². The number of piperazine rings is 1. The molecule has 0 unspecified atom stereocenters. The first-order chi connectivity index (χ1) is 15.5. The number of hydrogen-bond donors (Lipinski definition) is 0. The summed E-state index contributed by atoms with van der Waals surface area (Å²) >= 11 is 0. The van der Waals surface area contributed by atoms with Crippen LogP contribution in [0.25, 0.3) is 5.69 Å². The van der Waals surface area contributed by atoms with E-state index in [-0.39, 0.29) is 31.1 Å². The molecule has 1 saturated heterocycles. The predicted molar refractivity (Wildman–Crippen MR) is 123 cm³/mol. The van der Waals surface area contributed by atoms with Gasteiger partial charge in [-0.25, -0.2) is 17.2 Å². The van der Waals surface area contributed by atoms with E-state index < -0.39 is 32.5 Å². The molecule has 33 heavy (non-hydrogen) atoms. The molecule has 0 N–H and O–H groups in total. The molecule has 2 heterocycles. The van der Waals surface area contributed by atoms with Crippen LogP contribution in [0, 0.1) is 11.6 Å². The van der Waals surface area contributed by atoms with Crippen molar-refractivity contribution >= 4 is 15.7 Å². The van der Waals surface area contributed by atoms with Gasteiger partial charge in [-0.3, -0.25) is 4.79 Å². The Balaban J connectivity index is 1.95. The number of halogens is 2. The molecule has 1 aromatic carbocycles. The smallest absolute Gasteiger partial charge is 0.316 e. The van der Waals surface area contributed by atoms with E-state index in [0.717, 1.165) is 22.4 Å². The summed E-state index contributed by atoms with van der Waals surface area (Å²) in [6.07, 6.45) is 1.91. The van der Waals surface area contributed by atoms with Crippen LogP contribution >= 0.6 is 0 Å². The lowest BCUT2D eigenvalue weighted by atomic mass is 10.2. The Kier molecular flexibility index (Phi) is 7.53. The molecule has 1 aliphatic heterocycles. The lowest BCUT2D eigenvalue weighted by Gasteiger charge is -2.36. The Hall–Kier alpha value is -2.79. The summed E-state index contributed by atoms with van der Waals surface area (Å²) in [7, 11) is -3.39. The van der Waals surface area contributed by atoms with Gasteiger partial charge in [0.1, 0.15) is 17.3 Å². The number of anilines is 1. The Morgan fingerprint density at radius 1 is 1.15 bits per heavy atom. The van der Waals surface area contributed by atoms with Crippen molar-refractivity contribution in [3.63, 3.8) is 0 Å². The van der Waals surface area contributed by atoms with E-state index in [1.807, 2.05) is 11.8 Å². The molecular weight excluding hydrogens is 454 g/mol. The zero-order valence-electron chi connectivity index (χ0n) is 18.9. The van der Waals surface area contributed by atoms with Crippen molar-refractivity contribution in [2.75, 3.05) is 37.7 Å². The second-order valence-corrected chi connectivity index (χ2v) is 10.7. The molecule has 0 atom stereocenters. The number of benzene rings is 1. The van der Waals surface area contributed by atoms with Crippen molar-refractivity contribution in [3.05, 3.63) is 58.5 Å². The van der Waals surface area contributed by atoms with Crippen LogP contribution < -0.4 is 15.2 Å². The average molecular weight is 483 g/mol. The van der Waals surface area contributed by atoms with Gasteiger partial charge in [0.15, 0.2) is 0 Å². The summed E-state index contributed by atoms with van der Waals surface area (Å²) in [4.78, 5) is 15.0. The van der Waals surface area contributed by atoms with Crippen LogP contribution in [0.4, 0.5) is 14.5 Å². The Morgan fingerprint density at radius 2 is 1.76 bits per heavy atom. The quantitative estimate of drug-likeness (QED) is 0.538. The van der Waals surface area contributed by atoms with Gasteiger partial charge in [0.2, 0.25) is 15.8 Å². The van der Waals surface area contributed by atoms with Gasteiger partial charge in [0.25, 0.3) is 0 Å². The zero-order valence-corrected chi connectivity index (χ0v) is 19.7. The van der Waals surface area contributed by atoms with Gasteiger partial charge in [-0.05, 0) is 32.9 Å². The van der Waals surface area contributed by atoms with Crippen LogP contribution in [-0.4, -0.2) is 60.5 Å². The van der Waals surface area contributed by atoms with Crippen molar-refractivity contribution in [1.29, 1.82) is 0 Å². The van der Waals surface area contributed by atoms with Crippen molar-refractivity contribution in [1.82, 2.24) is 14.1 Å². The normalized spacial score (nSPS) is 15.2. The van der Waals surface area contributed by atoms with Crippen molar-refractivity contribution in [2.24, 2.45) is 0 Å². The van der Waals surface area contributed by atoms with Gasteiger partial charge in [-0.1, -0.05) is 5.57 Å². The van der Waals surface area contributed by atoms with Crippen LogP contribution in [0.2, 0.25) is 0 Å². The van der Waals surface area contributed by atoms with Gasteiger partial charge >= 0.3 is 5.56 Å². The largest absolute Gasteiger partial charge is 0.486 e. The average Bonchev–Trinajstić information content (AvgIpc) is 2.73. The maximum absolute atomic E-state index is 13.7. The minimum atomic E-state index is -3.39. The van der Waals surface area contributed by atoms with E-state index in [0.29, 0.717) is 31.3 Å². The Bertz CT molecular complexity index is 1170. The first kappa shape index (κ1) is 24.8. The van der Waals surface area contributed by atoms with Crippen LogP contribution in [-0.2, 0) is 10.0 Å². The monoisotopic (exact) mass is 482 g/mol. The van der Waals surface area contributed by atoms with Crippen LogP contribution in [0.15, 0.2) is 41.3 Å². The molecule has 11 heteroatoms. The minimum Gasteiger partial charge on any atom is -0.486 e. The molecule has 3 rings (SSSR count). The second kappa shape index (κ2) is 10.0. The molecule has 0 amide bonds. The third-order valence-corrected chi connectivity index (χ3v) is 7.59. The fourth-order valence-electron chi connectivity index (χ4n) is 3.44. The summed E-state index contributed by atoms with van der Waals surface area (Å²) in [6, 6.07) is 2.71. The standard InChI is InChI=1S/C22H28F2N4O4S/c1-15(2)5-10-32-21-20(26-6-8-27(9-7-26)33(30,31)16(3)4)14-25-28(22(21)29)19-12-17(23)11-18(24)13-19/h11-14,16H,1,5-10H2,2-4H3. The van der Waals surface area contributed by atoms with Gasteiger partial charge < -0.3 is 9.64 Å². The third kappa shape index (κ3) is 5.59. The fraction of sp³-hybridized carbons (Fsp3) is 0.455. The minimum absolute atomic E-state index is 0.0175. The first-order valence-corrected chi connectivity index (χ1v) is 12.1. The van der Waals surface area contributed by atoms with E-state index in [4.69, 9.17) is 4.74 Å². The molecular formula is C22H28F2N4O4S. The van der Waals surface area contributed by atoms with Crippen molar-refractivity contribution < 1.29 is 21.9 Å². The van der Waals surface area contributed by atoms with E-state index in [1.165, 1.54) is 10.5 Å². The number of nitrogens with zero attached hydrogens (tertiary/aromatic N) is 4. The zero-order chi connectivity index (χ0) is 24.3. The predicted octanol–water partition coefficient (Wildman–Crippen LogP) is 2.72. The van der Waals surface area contributed by atoms with Crippen molar-refractivity contribution in [3.8, 4) is 11.4 Å². The molecule has 2 aromatic rings. The fourth-order valence-corrected chi connectivity index (χ4v) is 4.71. The highest BCUT2D eigenvalue weighted by Crippen LogP contribution is 2.27. The van der Waals surface area contributed by atoms with Crippen LogP contribution in [0.5, 0.6) is 5.75 Å². The molecule has 0 radical (unpaired) electrons. The third-order valence-electron chi connectivity index (χ3n) is 5.32. The summed E-state index contributed by atoms with van der Waals surface area (Å²) in [6.45, 7) is 10.3. The first-order valence-electron chi connectivity index (χ1n) is 10.6.